The summed E-state index contributed by atoms with van der Waals surface area (Å²) in [6.07, 6.45) is 5.19. The smallest absolute Gasteiger partial charge is 0.335 e. The Morgan fingerprint density at radius 2 is 2.08 bits per heavy atom. The lowest BCUT2D eigenvalue weighted by Crippen LogP contribution is -2.35. The maximum Gasteiger partial charge on any atom is 0.335 e. The number of carboxylic acids is 1. The second kappa shape index (κ2) is 6.86. The molecule has 6 heteroatoms. The fourth-order valence-corrected chi connectivity index (χ4v) is 3.11. The van der Waals surface area contributed by atoms with Gasteiger partial charge in [0.15, 0.2) is 0 Å². The van der Waals surface area contributed by atoms with Gasteiger partial charge in [-0.3, -0.25) is 9.78 Å². The minimum absolute atomic E-state index is 0.0635. The molecular weight excluding hydrogens is 308 g/mol. The van der Waals surface area contributed by atoms with E-state index < -0.39 is 5.97 Å². The van der Waals surface area contributed by atoms with Gasteiger partial charge in [-0.1, -0.05) is 12.8 Å². The van der Waals surface area contributed by atoms with Gasteiger partial charge >= 0.3 is 5.97 Å². The lowest BCUT2D eigenvalue weighted by Gasteiger charge is -2.28. The van der Waals surface area contributed by atoms with E-state index in [-0.39, 0.29) is 23.2 Å². The highest BCUT2D eigenvalue weighted by molar-refractivity contribution is 5.96. The molecule has 0 spiro atoms. The van der Waals surface area contributed by atoms with Gasteiger partial charge in [0.05, 0.1) is 11.6 Å². The molecule has 1 aliphatic rings. The van der Waals surface area contributed by atoms with Crippen LogP contribution in [-0.4, -0.2) is 33.4 Å². The summed E-state index contributed by atoms with van der Waals surface area (Å²) in [7, 11) is 0. The molecule has 1 saturated heterocycles. The van der Waals surface area contributed by atoms with Crippen LogP contribution in [0.3, 0.4) is 0 Å². The van der Waals surface area contributed by atoms with Crippen molar-refractivity contribution in [2.24, 2.45) is 0 Å². The van der Waals surface area contributed by atoms with E-state index in [4.69, 9.17) is 9.52 Å². The molecule has 0 aromatic carbocycles. The highest BCUT2D eigenvalue weighted by atomic mass is 16.4. The minimum Gasteiger partial charge on any atom is -0.478 e. The molecule has 2 aromatic rings. The van der Waals surface area contributed by atoms with Crippen molar-refractivity contribution in [1.82, 2.24) is 9.88 Å². The van der Waals surface area contributed by atoms with E-state index in [1.54, 1.807) is 4.90 Å². The number of aryl methyl sites for hydroxylation is 1. The predicted molar refractivity (Wildman–Crippen MR) is 86.9 cm³/mol. The van der Waals surface area contributed by atoms with Gasteiger partial charge < -0.3 is 14.4 Å². The number of carbonyl (C=O) groups excluding carboxylic acids is 1. The summed E-state index contributed by atoms with van der Waals surface area (Å²) in [6, 6.07) is 6.39. The molecule has 24 heavy (non-hydrogen) atoms. The standard InChI is InChI=1S/C18H20N2O4/c1-12-6-7-16(24-12)15-5-3-2-4-10-20(15)17(21)14-11-13(18(22)23)8-9-19-14/h6-9,11,15H,2-5,10H2,1H3,(H,22,23). The van der Waals surface area contributed by atoms with Crippen molar-refractivity contribution in [3.8, 4) is 0 Å². The fourth-order valence-electron chi connectivity index (χ4n) is 3.11. The number of pyridine rings is 1. The largest absolute Gasteiger partial charge is 0.478 e. The number of furan rings is 1. The second-order valence-electron chi connectivity index (χ2n) is 6.05. The Balaban J connectivity index is 1.92. The van der Waals surface area contributed by atoms with Crippen molar-refractivity contribution >= 4 is 11.9 Å². The van der Waals surface area contributed by atoms with Gasteiger partial charge in [-0.15, -0.1) is 0 Å². The second-order valence-corrected chi connectivity index (χ2v) is 6.05. The van der Waals surface area contributed by atoms with Crippen LogP contribution in [-0.2, 0) is 0 Å². The van der Waals surface area contributed by atoms with Gasteiger partial charge in [0.1, 0.15) is 17.2 Å². The molecule has 0 bridgehead atoms. The predicted octanol–water partition coefficient (Wildman–Crippen LogP) is 3.44. The summed E-state index contributed by atoms with van der Waals surface area (Å²) in [5.41, 5.74) is 0.221. The zero-order chi connectivity index (χ0) is 17.1. The van der Waals surface area contributed by atoms with Gasteiger partial charge in [-0.05, 0) is 44.0 Å². The molecule has 126 valence electrons. The van der Waals surface area contributed by atoms with Crippen molar-refractivity contribution < 1.29 is 19.1 Å². The topological polar surface area (TPSA) is 83.6 Å². The van der Waals surface area contributed by atoms with E-state index >= 15 is 0 Å². The highest BCUT2D eigenvalue weighted by Crippen LogP contribution is 2.32. The van der Waals surface area contributed by atoms with Crippen LogP contribution in [0.15, 0.2) is 34.9 Å². The monoisotopic (exact) mass is 328 g/mol. The van der Waals surface area contributed by atoms with Gasteiger partial charge in [0.2, 0.25) is 0 Å². The van der Waals surface area contributed by atoms with Gasteiger partial charge in [0.25, 0.3) is 5.91 Å². The first-order valence-electron chi connectivity index (χ1n) is 8.13. The molecule has 3 rings (SSSR count). The Morgan fingerprint density at radius 3 is 2.79 bits per heavy atom. The highest BCUT2D eigenvalue weighted by Gasteiger charge is 2.30. The Kier molecular flexibility index (Phi) is 4.64. The molecule has 1 amide bonds. The van der Waals surface area contributed by atoms with Crippen molar-refractivity contribution in [3.63, 3.8) is 0 Å². The Morgan fingerprint density at radius 1 is 1.25 bits per heavy atom. The number of aromatic carboxylic acids is 1. The van der Waals surface area contributed by atoms with Crippen LogP contribution in [0.1, 0.15) is 64.1 Å². The van der Waals surface area contributed by atoms with Crippen LogP contribution >= 0.6 is 0 Å². The fraction of sp³-hybridized carbons (Fsp3) is 0.389. The van der Waals surface area contributed by atoms with E-state index in [1.165, 1.54) is 18.3 Å². The lowest BCUT2D eigenvalue weighted by molar-refractivity contribution is 0.0651. The number of carbonyl (C=O) groups is 2. The maximum atomic E-state index is 12.9. The average Bonchev–Trinajstić information content (AvgIpc) is 2.86. The third kappa shape index (κ3) is 3.32. The molecule has 1 unspecified atom stereocenters. The first-order chi connectivity index (χ1) is 11.6. The van der Waals surface area contributed by atoms with Crippen molar-refractivity contribution in [2.45, 2.75) is 38.6 Å². The lowest BCUT2D eigenvalue weighted by atomic mass is 10.1. The zero-order valence-electron chi connectivity index (χ0n) is 13.6. The van der Waals surface area contributed by atoms with Crippen LogP contribution in [0.4, 0.5) is 0 Å². The molecule has 0 radical (unpaired) electrons. The van der Waals surface area contributed by atoms with E-state index in [2.05, 4.69) is 4.98 Å². The Labute approximate surface area is 140 Å². The number of amides is 1. The number of likely N-dealkylation sites (tertiary alicyclic amines) is 1. The van der Waals surface area contributed by atoms with Crippen LogP contribution in [0, 0.1) is 6.92 Å². The number of hydrogen-bond donors (Lipinski definition) is 1. The quantitative estimate of drug-likeness (QED) is 0.933. The average molecular weight is 328 g/mol. The molecule has 1 fully saturated rings. The van der Waals surface area contributed by atoms with Crippen LogP contribution in [0.5, 0.6) is 0 Å². The number of carboxylic acid groups (broad SMARTS) is 1. The van der Waals surface area contributed by atoms with E-state index in [1.807, 2.05) is 19.1 Å². The summed E-state index contributed by atoms with van der Waals surface area (Å²) in [5, 5.41) is 9.11. The van der Waals surface area contributed by atoms with Crippen molar-refractivity contribution in [3.05, 3.63) is 53.2 Å². The number of aromatic nitrogens is 1. The normalized spacial score (nSPS) is 18.2. The summed E-state index contributed by atoms with van der Waals surface area (Å²) < 4.78 is 5.75. The number of nitrogens with zero attached hydrogens (tertiary/aromatic N) is 2. The molecule has 0 saturated carbocycles. The minimum atomic E-state index is -1.07. The summed E-state index contributed by atoms with van der Waals surface area (Å²) >= 11 is 0. The van der Waals surface area contributed by atoms with E-state index in [0.29, 0.717) is 6.54 Å². The molecule has 1 atom stereocenters. The number of rotatable bonds is 3. The molecule has 3 heterocycles. The van der Waals surface area contributed by atoms with Crippen molar-refractivity contribution in [2.75, 3.05) is 6.54 Å². The summed E-state index contributed by atoms with van der Waals surface area (Å²) in [6.45, 7) is 2.49. The third-order valence-corrected chi connectivity index (χ3v) is 4.33. The van der Waals surface area contributed by atoms with Crippen molar-refractivity contribution in [1.29, 1.82) is 0 Å². The Bertz CT molecular complexity index is 753. The van der Waals surface area contributed by atoms with E-state index in [0.717, 1.165) is 37.2 Å². The first-order valence-corrected chi connectivity index (χ1v) is 8.13. The zero-order valence-corrected chi connectivity index (χ0v) is 13.6. The number of hydrogen-bond acceptors (Lipinski definition) is 4. The summed E-state index contributed by atoms with van der Waals surface area (Å²) in [4.78, 5) is 29.9. The van der Waals surface area contributed by atoms with Crippen LogP contribution in [0.2, 0.25) is 0 Å². The third-order valence-electron chi connectivity index (χ3n) is 4.33. The molecular formula is C18H20N2O4. The molecule has 1 aliphatic heterocycles. The molecule has 6 nitrogen and oxygen atoms in total. The molecule has 1 N–H and O–H groups in total. The van der Waals surface area contributed by atoms with Gasteiger partial charge in [-0.2, -0.15) is 0 Å². The van der Waals surface area contributed by atoms with Gasteiger partial charge in [-0.25, -0.2) is 4.79 Å². The van der Waals surface area contributed by atoms with Crippen LogP contribution < -0.4 is 0 Å². The maximum absolute atomic E-state index is 12.9. The molecule has 0 aliphatic carbocycles. The molecule has 2 aromatic heterocycles. The summed E-state index contributed by atoms with van der Waals surface area (Å²) in [5.74, 6) is 0.268. The van der Waals surface area contributed by atoms with Gasteiger partial charge in [0, 0.05) is 12.7 Å². The SMILES string of the molecule is Cc1ccc(C2CCCCCN2C(=O)c2cc(C(=O)O)ccn2)o1. The van der Waals surface area contributed by atoms with Crippen LogP contribution in [0.25, 0.3) is 0 Å². The first kappa shape index (κ1) is 16.2. The Hall–Kier alpha value is -2.63. The van der Waals surface area contributed by atoms with E-state index in [9.17, 15) is 9.59 Å².